The molecule has 0 bridgehead atoms. The van der Waals surface area contributed by atoms with E-state index < -0.39 is 39.8 Å². The summed E-state index contributed by atoms with van der Waals surface area (Å²) < 4.78 is 35.1. The number of hydrogen-bond acceptors (Lipinski definition) is 10. The lowest BCUT2D eigenvalue weighted by Gasteiger charge is -2.24. The van der Waals surface area contributed by atoms with Gasteiger partial charge in [0.2, 0.25) is 0 Å². The highest BCUT2D eigenvalue weighted by molar-refractivity contribution is 6.76. The number of Topliss-reactive ketones (excluding diaryl/α,β-unsaturated/α-hetero) is 1. The maximum absolute atomic E-state index is 14.2. The number of hydrogen-bond donors (Lipinski definition) is 0. The first-order valence-corrected chi connectivity index (χ1v) is 24.1. The van der Waals surface area contributed by atoms with Gasteiger partial charge in [0.1, 0.15) is 59.5 Å². The number of ether oxygens (including phenoxy) is 6. The summed E-state index contributed by atoms with van der Waals surface area (Å²) in [6.07, 6.45) is 2.46. The maximum Gasteiger partial charge on any atom is 0.342 e. The molecule has 0 aromatic heterocycles. The van der Waals surface area contributed by atoms with Crippen molar-refractivity contribution in [1.82, 2.24) is 0 Å². The molecule has 2 aliphatic rings. The Hall–Kier alpha value is -3.91. The molecule has 10 nitrogen and oxygen atoms in total. The molecule has 49 heavy (non-hydrogen) atoms. The molecule has 2 heterocycles. The molecule has 0 saturated carbocycles. The second-order valence-corrected chi connectivity index (χ2v) is 26.4. The molecule has 0 saturated heterocycles. The molecule has 2 aromatic carbocycles. The van der Waals surface area contributed by atoms with Crippen molar-refractivity contribution >= 4 is 40.2 Å². The lowest BCUT2D eigenvalue weighted by molar-refractivity contribution is -0.121. The third kappa shape index (κ3) is 7.96. The molecule has 0 amide bonds. The summed E-state index contributed by atoms with van der Waals surface area (Å²) in [6, 6.07) is 1.67. The Kier molecular flexibility index (Phi) is 11.5. The summed E-state index contributed by atoms with van der Waals surface area (Å²) >= 11 is 0. The van der Waals surface area contributed by atoms with Gasteiger partial charge in [-0.25, -0.2) is 9.59 Å². The van der Waals surface area contributed by atoms with E-state index in [1.165, 1.54) is 7.11 Å². The summed E-state index contributed by atoms with van der Waals surface area (Å²) in [7, 11) is 0.0318. The largest absolute Gasteiger partial charge is 0.496 e. The van der Waals surface area contributed by atoms with Crippen molar-refractivity contribution in [1.29, 1.82) is 0 Å². The monoisotopic (exact) mass is 710 g/mol. The average molecular weight is 711 g/mol. The molecule has 1 unspecified atom stereocenters. The van der Waals surface area contributed by atoms with Crippen molar-refractivity contribution in [3.05, 3.63) is 56.2 Å². The number of allylic oxidation sites excluding steroid dienone is 2. The molecule has 266 valence electrons. The molecule has 2 aliphatic heterocycles. The number of benzene rings is 2. The lowest BCUT2D eigenvalue weighted by atomic mass is 9.85. The summed E-state index contributed by atoms with van der Waals surface area (Å²) in [4.78, 5) is 53.0. The Morgan fingerprint density at radius 3 is 1.71 bits per heavy atom. The molecule has 0 N–H and O–H groups in total. The second-order valence-electron chi connectivity index (χ2n) is 15.1. The van der Waals surface area contributed by atoms with E-state index in [0.29, 0.717) is 64.6 Å². The van der Waals surface area contributed by atoms with Crippen LogP contribution < -0.4 is 18.9 Å². The Balaban J connectivity index is 1.79. The van der Waals surface area contributed by atoms with Crippen LogP contribution in [0.2, 0.25) is 51.4 Å². The minimum atomic E-state index is -1.53. The zero-order valence-corrected chi connectivity index (χ0v) is 32.8. The van der Waals surface area contributed by atoms with Crippen LogP contribution in [0.15, 0.2) is 11.6 Å². The van der Waals surface area contributed by atoms with E-state index in [1.54, 1.807) is 27.0 Å². The van der Waals surface area contributed by atoms with Gasteiger partial charge in [0, 0.05) is 32.8 Å². The van der Waals surface area contributed by atoms with Crippen LogP contribution in [0, 0.1) is 13.8 Å². The number of rotatable bonds is 16. The topological polar surface area (TPSA) is 124 Å². The van der Waals surface area contributed by atoms with E-state index >= 15 is 0 Å². The van der Waals surface area contributed by atoms with E-state index in [1.807, 2.05) is 6.92 Å². The summed E-state index contributed by atoms with van der Waals surface area (Å²) in [6.45, 7) is 19.6. The van der Waals surface area contributed by atoms with Crippen LogP contribution >= 0.6 is 0 Å². The zero-order valence-electron chi connectivity index (χ0n) is 30.8. The highest BCUT2D eigenvalue weighted by atomic mass is 28.3. The fraction of sp³-hybridized carbons (Fsp3) is 0.514. The number of carbonyl (C=O) groups excluding carboxylic acids is 4. The van der Waals surface area contributed by atoms with Crippen LogP contribution in [0.4, 0.5) is 0 Å². The zero-order chi connectivity index (χ0) is 36.4. The number of aldehydes is 1. The van der Waals surface area contributed by atoms with Gasteiger partial charge in [-0.2, -0.15) is 0 Å². The van der Waals surface area contributed by atoms with Gasteiger partial charge in [-0.15, -0.1) is 0 Å². The fourth-order valence-electron chi connectivity index (χ4n) is 6.15. The van der Waals surface area contributed by atoms with Crippen LogP contribution in [-0.2, 0) is 38.7 Å². The van der Waals surface area contributed by atoms with Crippen molar-refractivity contribution in [3.8, 4) is 23.0 Å². The van der Waals surface area contributed by atoms with Gasteiger partial charge in [0.05, 0.1) is 33.0 Å². The number of carbonyl (C=O) groups is 4. The van der Waals surface area contributed by atoms with Crippen molar-refractivity contribution in [2.24, 2.45) is 0 Å². The van der Waals surface area contributed by atoms with Crippen LogP contribution in [-0.4, -0.2) is 67.6 Å². The maximum atomic E-state index is 14.2. The quantitative estimate of drug-likeness (QED) is 0.0584. The van der Waals surface area contributed by atoms with Gasteiger partial charge in [-0.1, -0.05) is 45.4 Å². The van der Waals surface area contributed by atoms with Crippen molar-refractivity contribution < 1.29 is 47.6 Å². The van der Waals surface area contributed by atoms with Gasteiger partial charge in [0.15, 0.2) is 5.78 Å². The predicted octanol–water partition coefficient (Wildman–Crippen LogP) is 7.14. The first kappa shape index (κ1) is 37.9. The molecule has 12 heteroatoms. The molecule has 4 rings (SSSR count). The molecule has 0 aliphatic carbocycles. The SMILES string of the molecule is COc1c(C)c2c(c(OCC[Si](C)(C)C)c1CC=C(C)C(=O)C(C=O)c1c(OC)c(C)c3c(c1OCC[Si](C)(C)C)C(=O)OC3)C(=O)OC2. The Morgan fingerprint density at radius 1 is 0.776 bits per heavy atom. The van der Waals surface area contributed by atoms with E-state index in [4.69, 9.17) is 28.4 Å². The van der Waals surface area contributed by atoms with Crippen molar-refractivity contribution in [2.45, 2.75) is 97.7 Å². The fourth-order valence-corrected chi connectivity index (χ4v) is 7.58. The van der Waals surface area contributed by atoms with Gasteiger partial charge >= 0.3 is 11.9 Å². The third-order valence-electron chi connectivity index (χ3n) is 9.12. The normalized spacial score (nSPS) is 14.9. The number of methoxy groups -OCH3 is 2. The Labute approximate surface area is 291 Å². The number of cyclic esters (lactones) is 2. The summed E-state index contributed by atoms with van der Waals surface area (Å²) in [5.41, 5.74) is 4.48. The average Bonchev–Trinajstić information content (AvgIpc) is 3.60. The number of esters is 2. The minimum absolute atomic E-state index is 0.0531. The van der Waals surface area contributed by atoms with E-state index in [-0.39, 0.29) is 36.5 Å². The van der Waals surface area contributed by atoms with Gasteiger partial charge in [0.25, 0.3) is 0 Å². The smallest absolute Gasteiger partial charge is 0.342 e. The molecular formula is C37H50O10Si2. The number of fused-ring (bicyclic) bond motifs is 2. The van der Waals surface area contributed by atoms with E-state index in [0.717, 1.165) is 23.2 Å². The van der Waals surface area contributed by atoms with Crippen LogP contribution in [0.3, 0.4) is 0 Å². The highest BCUT2D eigenvalue weighted by Gasteiger charge is 2.39. The first-order valence-electron chi connectivity index (χ1n) is 16.7. The number of ketones is 1. The lowest BCUT2D eigenvalue weighted by Crippen LogP contribution is -2.24. The second kappa shape index (κ2) is 14.9. The summed E-state index contributed by atoms with van der Waals surface area (Å²) in [5.74, 6) is -1.40. The molecule has 0 fully saturated rings. The van der Waals surface area contributed by atoms with E-state index in [2.05, 4.69) is 39.3 Å². The van der Waals surface area contributed by atoms with Crippen LogP contribution in [0.5, 0.6) is 23.0 Å². The first-order chi connectivity index (χ1) is 22.9. The molecule has 0 radical (unpaired) electrons. The molecule has 2 aromatic rings. The van der Waals surface area contributed by atoms with Crippen molar-refractivity contribution in [2.75, 3.05) is 27.4 Å². The third-order valence-corrected chi connectivity index (χ3v) is 12.5. The minimum Gasteiger partial charge on any atom is -0.496 e. The predicted molar refractivity (Wildman–Crippen MR) is 192 cm³/mol. The molecule has 0 spiro atoms. The van der Waals surface area contributed by atoms with Crippen LogP contribution in [0.25, 0.3) is 0 Å². The van der Waals surface area contributed by atoms with E-state index in [9.17, 15) is 19.2 Å². The van der Waals surface area contributed by atoms with Crippen molar-refractivity contribution in [3.63, 3.8) is 0 Å². The standard InChI is InChI=1S/C37H50O10Si2/c1-21(12-13-24-32(42-4)22(2)26-19-46-36(40)29(26)34(24)44-14-16-48(6,7)8)31(39)25(18-38)28-33(43-5)23(3)27-20-47-37(41)30(27)35(28)45-15-17-49(9,10)11/h12,18,25H,13-17,19-20H2,1-11H3. The molecular weight excluding hydrogens is 661 g/mol. The molecule has 1 atom stereocenters. The van der Waals surface area contributed by atoms with Gasteiger partial charge in [-0.3, -0.25) is 4.79 Å². The summed E-state index contributed by atoms with van der Waals surface area (Å²) in [5, 5.41) is 0. The Morgan fingerprint density at radius 2 is 1.24 bits per heavy atom. The van der Waals surface area contributed by atoms with Crippen LogP contribution in [0.1, 0.15) is 66.9 Å². The van der Waals surface area contributed by atoms with Gasteiger partial charge < -0.3 is 33.2 Å². The Bertz CT molecular complexity index is 1690. The highest BCUT2D eigenvalue weighted by Crippen LogP contribution is 2.47. The van der Waals surface area contributed by atoms with Gasteiger partial charge in [-0.05, 0) is 56.0 Å².